The maximum absolute atomic E-state index is 4.31. The third kappa shape index (κ3) is 5.31. The van der Waals surface area contributed by atoms with E-state index in [1.54, 1.807) is 0 Å². The first-order chi connectivity index (χ1) is 9.69. The molecular weight excluding hydrogens is 248 g/mol. The van der Waals surface area contributed by atoms with Crippen molar-refractivity contribution in [1.82, 2.24) is 15.5 Å². The van der Waals surface area contributed by atoms with E-state index in [9.17, 15) is 0 Å². The summed E-state index contributed by atoms with van der Waals surface area (Å²) in [6.45, 7) is 9.22. The van der Waals surface area contributed by atoms with Gasteiger partial charge < -0.3 is 15.5 Å². The van der Waals surface area contributed by atoms with E-state index >= 15 is 0 Å². The van der Waals surface area contributed by atoms with Crippen molar-refractivity contribution in [3.8, 4) is 0 Å². The minimum absolute atomic E-state index is 0.790. The van der Waals surface area contributed by atoms with Gasteiger partial charge in [0.1, 0.15) is 0 Å². The second-order valence-electron chi connectivity index (χ2n) is 6.80. The van der Waals surface area contributed by atoms with Gasteiger partial charge in [-0.1, -0.05) is 13.8 Å². The smallest absolute Gasteiger partial charge is 0.190 e. The first-order valence-electron chi connectivity index (χ1n) is 8.37. The highest BCUT2D eigenvalue weighted by atomic mass is 15.2. The molecule has 0 aromatic carbocycles. The molecule has 2 N–H and O–H groups in total. The van der Waals surface area contributed by atoms with Crippen LogP contribution in [0.1, 0.15) is 46.0 Å². The van der Waals surface area contributed by atoms with E-state index in [4.69, 9.17) is 0 Å². The minimum atomic E-state index is 0.790. The summed E-state index contributed by atoms with van der Waals surface area (Å²) in [5.74, 6) is 2.56. The molecule has 1 saturated heterocycles. The van der Waals surface area contributed by atoms with Crippen molar-refractivity contribution in [2.24, 2.45) is 16.8 Å². The van der Waals surface area contributed by atoms with Crippen LogP contribution in [0.5, 0.6) is 0 Å². The van der Waals surface area contributed by atoms with Crippen molar-refractivity contribution in [3.63, 3.8) is 0 Å². The van der Waals surface area contributed by atoms with Crippen LogP contribution in [0, 0.1) is 11.8 Å². The Hall–Kier alpha value is -0.770. The molecule has 2 aliphatic rings. The van der Waals surface area contributed by atoms with Crippen LogP contribution in [-0.4, -0.2) is 50.1 Å². The SMILES string of the molecule is CN=C(NCCCC(C)C)NCC1CCN(C2CC2)C1. The first-order valence-corrected chi connectivity index (χ1v) is 8.37. The highest BCUT2D eigenvalue weighted by Crippen LogP contribution is 2.31. The third-order valence-corrected chi connectivity index (χ3v) is 4.41. The number of nitrogens with one attached hydrogen (secondary N) is 2. The van der Waals surface area contributed by atoms with Gasteiger partial charge in [0.15, 0.2) is 5.96 Å². The predicted molar refractivity (Wildman–Crippen MR) is 86.1 cm³/mol. The molecule has 1 atom stereocenters. The fraction of sp³-hybridized carbons (Fsp3) is 0.938. The molecule has 1 unspecified atom stereocenters. The van der Waals surface area contributed by atoms with Crippen molar-refractivity contribution < 1.29 is 0 Å². The largest absolute Gasteiger partial charge is 0.356 e. The van der Waals surface area contributed by atoms with E-state index in [1.807, 2.05) is 7.05 Å². The van der Waals surface area contributed by atoms with Crippen molar-refractivity contribution in [1.29, 1.82) is 0 Å². The van der Waals surface area contributed by atoms with Crippen LogP contribution < -0.4 is 10.6 Å². The number of rotatable bonds is 7. The topological polar surface area (TPSA) is 39.7 Å². The van der Waals surface area contributed by atoms with Gasteiger partial charge in [0.25, 0.3) is 0 Å². The maximum Gasteiger partial charge on any atom is 0.190 e. The van der Waals surface area contributed by atoms with Crippen LogP contribution in [0.25, 0.3) is 0 Å². The Morgan fingerprint density at radius 1 is 1.25 bits per heavy atom. The number of hydrogen-bond acceptors (Lipinski definition) is 2. The Balaban J connectivity index is 1.56. The molecule has 20 heavy (non-hydrogen) atoms. The zero-order valence-corrected chi connectivity index (χ0v) is 13.5. The molecule has 4 heteroatoms. The Morgan fingerprint density at radius 3 is 2.70 bits per heavy atom. The summed E-state index contributed by atoms with van der Waals surface area (Å²) >= 11 is 0. The number of hydrogen-bond donors (Lipinski definition) is 2. The maximum atomic E-state index is 4.31. The Labute approximate surface area is 124 Å². The summed E-state index contributed by atoms with van der Waals surface area (Å²) in [6, 6.07) is 0.925. The van der Waals surface area contributed by atoms with Crippen LogP contribution in [0.3, 0.4) is 0 Å². The van der Waals surface area contributed by atoms with Crippen molar-refractivity contribution >= 4 is 5.96 Å². The summed E-state index contributed by atoms with van der Waals surface area (Å²) in [4.78, 5) is 6.98. The molecule has 1 aliphatic heterocycles. The van der Waals surface area contributed by atoms with Crippen LogP contribution >= 0.6 is 0 Å². The molecule has 1 saturated carbocycles. The van der Waals surface area contributed by atoms with Gasteiger partial charge in [-0.15, -0.1) is 0 Å². The average Bonchev–Trinajstić information content (AvgIpc) is 3.17. The quantitative estimate of drug-likeness (QED) is 0.426. The predicted octanol–water partition coefficient (Wildman–Crippen LogP) is 2.07. The lowest BCUT2D eigenvalue weighted by Gasteiger charge is -2.17. The Bertz CT molecular complexity index is 310. The molecule has 1 heterocycles. The summed E-state index contributed by atoms with van der Waals surface area (Å²) < 4.78 is 0. The molecule has 0 amide bonds. The first kappa shape index (κ1) is 15.6. The van der Waals surface area contributed by atoms with Gasteiger partial charge in [-0.2, -0.15) is 0 Å². The zero-order valence-electron chi connectivity index (χ0n) is 13.5. The fourth-order valence-electron chi connectivity index (χ4n) is 2.98. The lowest BCUT2D eigenvalue weighted by Crippen LogP contribution is -2.40. The van der Waals surface area contributed by atoms with Crippen molar-refractivity contribution in [2.45, 2.75) is 52.0 Å². The average molecular weight is 280 g/mol. The van der Waals surface area contributed by atoms with Crippen LogP contribution in [-0.2, 0) is 0 Å². The highest BCUT2D eigenvalue weighted by molar-refractivity contribution is 5.79. The van der Waals surface area contributed by atoms with Crippen molar-refractivity contribution in [3.05, 3.63) is 0 Å². The van der Waals surface area contributed by atoms with Crippen molar-refractivity contribution in [2.75, 3.05) is 33.2 Å². The lowest BCUT2D eigenvalue weighted by molar-refractivity contribution is 0.314. The van der Waals surface area contributed by atoms with E-state index in [0.29, 0.717) is 0 Å². The molecule has 2 rings (SSSR count). The second-order valence-corrected chi connectivity index (χ2v) is 6.80. The normalized spacial score (nSPS) is 24.4. The highest BCUT2D eigenvalue weighted by Gasteiger charge is 2.34. The van der Waals surface area contributed by atoms with E-state index < -0.39 is 0 Å². The van der Waals surface area contributed by atoms with Gasteiger partial charge in [0.2, 0.25) is 0 Å². The molecule has 4 nitrogen and oxygen atoms in total. The summed E-state index contributed by atoms with van der Waals surface area (Å²) in [7, 11) is 1.86. The van der Waals surface area contributed by atoms with Crippen LogP contribution in [0.15, 0.2) is 4.99 Å². The van der Waals surface area contributed by atoms with E-state index in [-0.39, 0.29) is 0 Å². The second kappa shape index (κ2) is 7.87. The van der Waals surface area contributed by atoms with Crippen LogP contribution in [0.2, 0.25) is 0 Å². The summed E-state index contributed by atoms with van der Waals surface area (Å²) in [5, 5.41) is 6.91. The van der Waals surface area contributed by atoms with Gasteiger partial charge in [-0.05, 0) is 50.5 Å². The summed E-state index contributed by atoms with van der Waals surface area (Å²) in [5.41, 5.74) is 0. The molecule has 1 aliphatic carbocycles. The molecule has 0 aromatic heterocycles. The monoisotopic (exact) mass is 280 g/mol. The molecular formula is C16H32N4. The molecule has 0 bridgehead atoms. The van der Waals surface area contributed by atoms with E-state index in [2.05, 4.69) is 34.4 Å². The van der Waals surface area contributed by atoms with Gasteiger partial charge in [0, 0.05) is 32.7 Å². The Morgan fingerprint density at radius 2 is 2.05 bits per heavy atom. The van der Waals surface area contributed by atoms with Gasteiger partial charge >= 0.3 is 0 Å². The molecule has 0 aromatic rings. The number of likely N-dealkylation sites (tertiary alicyclic amines) is 1. The summed E-state index contributed by atoms with van der Waals surface area (Å²) in [6.07, 6.45) is 6.70. The third-order valence-electron chi connectivity index (χ3n) is 4.41. The Kier molecular flexibility index (Phi) is 6.14. The number of nitrogens with zero attached hydrogens (tertiary/aromatic N) is 2. The standard InChI is InChI=1S/C16H32N4/c1-13(2)5-4-9-18-16(17-3)19-11-14-8-10-20(12-14)15-6-7-15/h13-15H,4-12H2,1-3H3,(H2,17,18,19). The molecule has 0 radical (unpaired) electrons. The molecule has 0 spiro atoms. The van der Waals surface area contributed by atoms with E-state index in [0.717, 1.165) is 36.9 Å². The van der Waals surface area contributed by atoms with Gasteiger partial charge in [-0.25, -0.2) is 0 Å². The molecule has 2 fully saturated rings. The van der Waals surface area contributed by atoms with E-state index in [1.165, 1.54) is 45.2 Å². The number of guanidine groups is 1. The molecule has 116 valence electrons. The van der Waals surface area contributed by atoms with Gasteiger partial charge in [0.05, 0.1) is 0 Å². The minimum Gasteiger partial charge on any atom is -0.356 e. The van der Waals surface area contributed by atoms with Crippen LogP contribution in [0.4, 0.5) is 0 Å². The number of aliphatic imine (C=N–C) groups is 1. The zero-order chi connectivity index (χ0) is 14.4. The lowest BCUT2D eigenvalue weighted by atomic mass is 10.1. The van der Waals surface area contributed by atoms with Gasteiger partial charge in [-0.3, -0.25) is 4.99 Å². The fourth-order valence-corrected chi connectivity index (χ4v) is 2.98.